The molecule has 2 rings (SSSR count). The molecule has 2 nitrogen and oxygen atoms in total. The summed E-state index contributed by atoms with van der Waals surface area (Å²) in [7, 11) is 0. The first-order chi connectivity index (χ1) is 7.73. The highest BCUT2D eigenvalue weighted by Gasteiger charge is 2.52. The molecule has 0 aromatic rings. The van der Waals surface area contributed by atoms with E-state index in [1.165, 1.54) is 25.7 Å². The Morgan fingerprint density at radius 1 is 1.19 bits per heavy atom. The highest BCUT2D eigenvalue weighted by atomic mass is 16.5. The fourth-order valence-corrected chi connectivity index (χ4v) is 3.57. The lowest BCUT2D eigenvalue weighted by molar-refractivity contribution is -0.200. The summed E-state index contributed by atoms with van der Waals surface area (Å²) in [4.78, 5) is 0. The maximum Gasteiger partial charge on any atom is 0.0680 e. The van der Waals surface area contributed by atoms with E-state index >= 15 is 0 Å². The van der Waals surface area contributed by atoms with Crippen LogP contribution >= 0.6 is 0 Å². The number of aliphatic hydroxyl groups excluding tert-OH is 1. The van der Waals surface area contributed by atoms with E-state index in [1.54, 1.807) is 0 Å². The molecule has 2 fully saturated rings. The smallest absolute Gasteiger partial charge is 0.0680 e. The molecule has 0 saturated heterocycles. The second-order valence-electron chi connectivity index (χ2n) is 5.66. The first-order valence-electron chi connectivity index (χ1n) is 7.02. The molecule has 0 aromatic carbocycles. The minimum absolute atomic E-state index is 0.0681. The second-order valence-corrected chi connectivity index (χ2v) is 5.66. The van der Waals surface area contributed by atoms with Crippen molar-refractivity contribution in [1.82, 2.24) is 0 Å². The molecule has 0 spiro atoms. The second kappa shape index (κ2) is 5.05. The Hall–Kier alpha value is -0.0800. The lowest BCUT2D eigenvalue weighted by Crippen LogP contribution is -2.57. The largest absolute Gasteiger partial charge is 0.392 e. The van der Waals surface area contributed by atoms with Crippen molar-refractivity contribution in [2.24, 2.45) is 11.3 Å². The van der Waals surface area contributed by atoms with Crippen LogP contribution in [0.15, 0.2) is 0 Å². The Kier molecular flexibility index (Phi) is 3.91. The lowest BCUT2D eigenvalue weighted by Gasteiger charge is -2.53. The van der Waals surface area contributed by atoms with Crippen molar-refractivity contribution in [3.05, 3.63) is 0 Å². The molecule has 2 saturated carbocycles. The number of rotatable bonds is 5. The molecule has 0 aromatic heterocycles. The van der Waals surface area contributed by atoms with Crippen molar-refractivity contribution in [2.75, 3.05) is 6.61 Å². The fraction of sp³-hybridized carbons (Fsp3) is 1.00. The number of hydrogen-bond donors (Lipinski definition) is 1. The molecule has 1 N–H and O–H groups in total. The Morgan fingerprint density at radius 3 is 2.31 bits per heavy atom. The third-order valence-electron chi connectivity index (χ3n) is 5.07. The molecule has 0 bridgehead atoms. The first-order valence-corrected chi connectivity index (χ1v) is 7.02. The van der Waals surface area contributed by atoms with Crippen LogP contribution in [-0.4, -0.2) is 23.9 Å². The van der Waals surface area contributed by atoms with Crippen LogP contribution < -0.4 is 0 Å². The van der Waals surface area contributed by atoms with Gasteiger partial charge in [0.15, 0.2) is 0 Å². The van der Waals surface area contributed by atoms with Gasteiger partial charge in [0.1, 0.15) is 0 Å². The zero-order valence-corrected chi connectivity index (χ0v) is 10.7. The van der Waals surface area contributed by atoms with Crippen LogP contribution in [-0.2, 0) is 4.74 Å². The van der Waals surface area contributed by atoms with Crippen LogP contribution in [0, 0.1) is 11.3 Å². The van der Waals surface area contributed by atoms with Crippen LogP contribution in [0.1, 0.15) is 58.8 Å². The fourth-order valence-electron chi connectivity index (χ4n) is 3.57. The van der Waals surface area contributed by atoms with Gasteiger partial charge in [0.2, 0.25) is 0 Å². The Labute approximate surface area is 99.4 Å². The summed E-state index contributed by atoms with van der Waals surface area (Å²) in [6.45, 7) is 5.29. The molecule has 2 aliphatic carbocycles. The predicted octanol–water partition coefficient (Wildman–Crippen LogP) is 3.13. The van der Waals surface area contributed by atoms with E-state index in [1.807, 2.05) is 0 Å². The van der Waals surface area contributed by atoms with Crippen molar-refractivity contribution >= 4 is 0 Å². The maximum absolute atomic E-state index is 9.94. The summed E-state index contributed by atoms with van der Waals surface area (Å²) in [5, 5.41) is 9.94. The average Bonchev–Trinajstić information content (AvgIpc) is 2.78. The third kappa shape index (κ3) is 2.02. The van der Waals surface area contributed by atoms with Crippen LogP contribution in [0.2, 0.25) is 0 Å². The van der Waals surface area contributed by atoms with E-state index < -0.39 is 0 Å². The highest BCUT2D eigenvalue weighted by molar-refractivity contribution is 5.02. The Bertz CT molecular complexity index is 217. The Balaban J connectivity index is 1.81. The van der Waals surface area contributed by atoms with Crippen molar-refractivity contribution in [2.45, 2.75) is 71.0 Å². The first kappa shape index (κ1) is 12.4. The SMILES string of the molecule is CCC1(CC)C(O)CC1OCC1CCCC1. The summed E-state index contributed by atoms with van der Waals surface area (Å²) < 4.78 is 6.07. The minimum Gasteiger partial charge on any atom is -0.392 e. The van der Waals surface area contributed by atoms with E-state index in [2.05, 4.69) is 13.8 Å². The lowest BCUT2D eigenvalue weighted by atomic mass is 9.60. The van der Waals surface area contributed by atoms with Gasteiger partial charge in [-0.25, -0.2) is 0 Å². The number of hydrogen-bond acceptors (Lipinski definition) is 2. The van der Waals surface area contributed by atoms with Crippen molar-refractivity contribution < 1.29 is 9.84 Å². The quantitative estimate of drug-likeness (QED) is 0.780. The van der Waals surface area contributed by atoms with Crippen molar-refractivity contribution in [3.8, 4) is 0 Å². The molecule has 0 heterocycles. The van der Waals surface area contributed by atoms with Gasteiger partial charge in [0.05, 0.1) is 12.2 Å². The molecule has 2 atom stereocenters. The monoisotopic (exact) mass is 226 g/mol. The summed E-state index contributed by atoms with van der Waals surface area (Å²) in [5.41, 5.74) is 0.0681. The molecular formula is C14H26O2. The van der Waals surface area contributed by atoms with Gasteiger partial charge >= 0.3 is 0 Å². The molecule has 0 amide bonds. The van der Waals surface area contributed by atoms with Gasteiger partial charge in [-0.15, -0.1) is 0 Å². The van der Waals surface area contributed by atoms with Crippen molar-refractivity contribution in [3.63, 3.8) is 0 Å². The normalized spacial score (nSPS) is 33.9. The van der Waals surface area contributed by atoms with E-state index in [0.29, 0.717) is 6.10 Å². The van der Waals surface area contributed by atoms with Gasteiger partial charge in [0, 0.05) is 18.4 Å². The maximum atomic E-state index is 9.94. The zero-order chi connectivity index (χ0) is 11.6. The Morgan fingerprint density at radius 2 is 1.81 bits per heavy atom. The average molecular weight is 226 g/mol. The molecule has 2 heteroatoms. The topological polar surface area (TPSA) is 29.5 Å². The van der Waals surface area contributed by atoms with E-state index in [4.69, 9.17) is 4.74 Å². The van der Waals surface area contributed by atoms with Crippen molar-refractivity contribution in [1.29, 1.82) is 0 Å². The van der Waals surface area contributed by atoms with Gasteiger partial charge in [-0.05, 0) is 31.6 Å². The number of aliphatic hydroxyl groups is 1. The molecular weight excluding hydrogens is 200 g/mol. The van der Waals surface area contributed by atoms with E-state index in [0.717, 1.165) is 31.8 Å². The molecule has 16 heavy (non-hydrogen) atoms. The van der Waals surface area contributed by atoms with Gasteiger partial charge in [0.25, 0.3) is 0 Å². The zero-order valence-electron chi connectivity index (χ0n) is 10.7. The molecule has 2 unspecified atom stereocenters. The molecule has 0 radical (unpaired) electrons. The third-order valence-corrected chi connectivity index (χ3v) is 5.07. The molecule has 0 aliphatic heterocycles. The van der Waals surface area contributed by atoms with Gasteiger partial charge in [-0.1, -0.05) is 26.7 Å². The van der Waals surface area contributed by atoms with E-state index in [-0.39, 0.29) is 11.5 Å². The van der Waals surface area contributed by atoms with Crippen LogP contribution in [0.25, 0.3) is 0 Å². The summed E-state index contributed by atoms with van der Waals surface area (Å²) in [6.07, 6.45) is 8.59. The summed E-state index contributed by atoms with van der Waals surface area (Å²) in [6, 6.07) is 0. The standard InChI is InChI=1S/C14H26O2/c1-3-14(4-2)12(15)9-13(14)16-10-11-7-5-6-8-11/h11-13,15H,3-10H2,1-2H3. The number of ether oxygens (including phenoxy) is 1. The minimum atomic E-state index is -0.129. The van der Waals surface area contributed by atoms with E-state index in [9.17, 15) is 5.11 Å². The van der Waals surface area contributed by atoms with Crippen LogP contribution in [0.4, 0.5) is 0 Å². The van der Waals surface area contributed by atoms with Gasteiger partial charge in [-0.3, -0.25) is 0 Å². The van der Waals surface area contributed by atoms with Crippen LogP contribution in [0.5, 0.6) is 0 Å². The van der Waals surface area contributed by atoms with Crippen LogP contribution in [0.3, 0.4) is 0 Å². The molecule has 2 aliphatic rings. The van der Waals surface area contributed by atoms with Gasteiger partial charge in [-0.2, -0.15) is 0 Å². The molecule has 94 valence electrons. The summed E-state index contributed by atoms with van der Waals surface area (Å²) in [5.74, 6) is 0.796. The van der Waals surface area contributed by atoms with Gasteiger partial charge < -0.3 is 9.84 Å². The predicted molar refractivity (Wildman–Crippen MR) is 65.3 cm³/mol. The highest BCUT2D eigenvalue weighted by Crippen LogP contribution is 2.49. The summed E-state index contributed by atoms with van der Waals surface area (Å²) >= 11 is 0.